The first-order valence-electron chi connectivity index (χ1n) is 8.61. The third kappa shape index (κ3) is 1.87. The van der Waals surface area contributed by atoms with Crippen molar-refractivity contribution in [2.45, 2.75) is 63.9 Å². The molecule has 0 saturated heterocycles. The van der Waals surface area contributed by atoms with Crippen molar-refractivity contribution < 1.29 is 9.53 Å². The van der Waals surface area contributed by atoms with Crippen LogP contribution in [0.1, 0.15) is 58.3 Å². The van der Waals surface area contributed by atoms with Gasteiger partial charge in [-0.1, -0.05) is 25.5 Å². The lowest BCUT2D eigenvalue weighted by Gasteiger charge is -2.38. The number of allylic oxidation sites excluding steroid dienone is 2. The topological polar surface area (TPSA) is 26.3 Å². The van der Waals surface area contributed by atoms with E-state index >= 15 is 0 Å². The molecule has 0 N–H and O–H groups in total. The van der Waals surface area contributed by atoms with Crippen molar-refractivity contribution in [1.29, 1.82) is 0 Å². The third-order valence-corrected chi connectivity index (χ3v) is 6.48. The molecule has 20 heavy (non-hydrogen) atoms. The molecular formula is C18H26O2. The predicted molar refractivity (Wildman–Crippen MR) is 78.0 cm³/mol. The van der Waals surface area contributed by atoms with Crippen LogP contribution in [0.15, 0.2) is 12.2 Å². The lowest BCUT2D eigenvalue weighted by Crippen LogP contribution is -2.42. The molecule has 6 atom stereocenters. The minimum absolute atomic E-state index is 0.0830. The number of ether oxygens (including phenoxy) is 1. The number of fused-ring (bicyclic) bond motifs is 4. The van der Waals surface area contributed by atoms with Crippen LogP contribution in [-0.4, -0.2) is 11.6 Å². The highest BCUT2D eigenvalue weighted by molar-refractivity contribution is 5.74. The molecule has 0 heterocycles. The van der Waals surface area contributed by atoms with Crippen molar-refractivity contribution in [3.05, 3.63) is 12.2 Å². The number of carbonyl (C=O) groups excluding carboxylic acids is 1. The summed E-state index contributed by atoms with van der Waals surface area (Å²) in [6, 6.07) is 0. The van der Waals surface area contributed by atoms with Crippen molar-refractivity contribution in [3.63, 3.8) is 0 Å². The minimum Gasteiger partial charge on any atom is -0.459 e. The molecule has 0 aromatic heterocycles. The van der Waals surface area contributed by atoms with Crippen LogP contribution in [0, 0.1) is 29.6 Å². The molecule has 0 aliphatic heterocycles. The Bertz CT molecular complexity index is 441. The number of hydrogen-bond donors (Lipinski definition) is 0. The van der Waals surface area contributed by atoms with Crippen LogP contribution in [0.4, 0.5) is 0 Å². The van der Waals surface area contributed by atoms with Crippen molar-refractivity contribution in [2.75, 3.05) is 0 Å². The first-order chi connectivity index (χ1) is 9.70. The fourth-order valence-corrected chi connectivity index (χ4v) is 5.63. The maximum absolute atomic E-state index is 12.7. The van der Waals surface area contributed by atoms with E-state index in [9.17, 15) is 4.79 Å². The van der Waals surface area contributed by atoms with E-state index in [-0.39, 0.29) is 17.5 Å². The lowest BCUT2D eigenvalue weighted by molar-refractivity contribution is -0.173. The average molecular weight is 274 g/mol. The van der Waals surface area contributed by atoms with Crippen LogP contribution in [0.25, 0.3) is 0 Å². The van der Waals surface area contributed by atoms with Crippen LogP contribution >= 0.6 is 0 Å². The molecule has 4 rings (SSSR count). The molecule has 4 aliphatic rings. The van der Waals surface area contributed by atoms with Crippen LogP contribution in [0.2, 0.25) is 0 Å². The van der Waals surface area contributed by atoms with Crippen molar-refractivity contribution in [3.8, 4) is 0 Å². The van der Waals surface area contributed by atoms with E-state index in [0.717, 1.165) is 31.6 Å². The standard InChI is InChI=1S/C18H26O2/c1-2-7-18(11-13-4-6-15(18)9-13)20-17(19)16-10-12-3-5-14(16)8-12/h3,5,12-16H,2,4,6-11H2,1H3. The fraction of sp³-hybridized carbons (Fsp3) is 0.833. The zero-order chi connectivity index (χ0) is 13.7. The van der Waals surface area contributed by atoms with E-state index in [1.54, 1.807) is 0 Å². The summed E-state index contributed by atoms with van der Waals surface area (Å²) in [5.74, 6) is 2.91. The van der Waals surface area contributed by atoms with Crippen LogP contribution in [0.5, 0.6) is 0 Å². The Labute approximate surface area is 122 Å². The van der Waals surface area contributed by atoms with E-state index < -0.39 is 0 Å². The van der Waals surface area contributed by atoms with Crippen molar-refractivity contribution >= 4 is 5.97 Å². The molecule has 6 unspecified atom stereocenters. The van der Waals surface area contributed by atoms with Gasteiger partial charge in [0.2, 0.25) is 0 Å². The van der Waals surface area contributed by atoms with Gasteiger partial charge >= 0.3 is 5.97 Å². The summed E-state index contributed by atoms with van der Waals surface area (Å²) >= 11 is 0. The van der Waals surface area contributed by atoms with Crippen LogP contribution in [0.3, 0.4) is 0 Å². The van der Waals surface area contributed by atoms with Crippen LogP contribution in [-0.2, 0) is 9.53 Å². The second kappa shape index (κ2) is 4.61. The molecule has 3 saturated carbocycles. The Balaban J connectivity index is 1.49. The monoisotopic (exact) mass is 274 g/mol. The fourth-order valence-electron chi connectivity index (χ4n) is 5.63. The SMILES string of the molecule is CCCC1(OC(=O)C2CC3C=CC2C3)CC2CCC1C2. The van der Waals surface area contributed by atoms with Crippen molar-refractivity contribution in [1.82, 2.24) is 0 Å². The predicted octanol–water partition coefficient (Wildman–Crippen LogP) is 4.10. The highest BCUT2D eigenvalue weighted by Gasteiger charge is 2.54. The van der Waals surface area contributed by atoms with Gasteiger partial charge in [-0.15, -0.1) is 0 Å². The number of hydrogen-bond acceptors (Lipinski definition) is 2. The molecule has 4 aliphatic carbocycles. The van der Waals surface area contributed by atoms with Crippen LogP contribution < -0.4 is 0 Å². The first kappa shape index (κ1) is 12.9. The summed E-state index contributed by atoms with van der Waals surface area (Å²) in [7, 11) is 0. The normalized spacial score (nSPS) is 48.1. The summed E-state index contributed by atoms with van der Waals surface area (Å²) in [6.07, 6.45) is 14.1. The first-order valence-corrected chi connectivity index (χ1v) is 8.61. The van der Waals surface area contributed by atoms with Gasteiger partial charge in [-0.3, -0.25) is 4.79 Å². The second-order valence-electron chi connectivity index (χ2n) is 7.70. The van der Waals surface area contributed by atoms with Gasteiger partial charge in [-0.05, 0) is 68.6 Å². The Morgan fingerprint density at radius 2 is 2.15 bits per heavy atom. The van der Waals surface area contributed by atoms with Gasteiger partial charge in [0.15, 0.2) is 0 Å². The quantitative estimate of drug-likeness (QED) is 0.570. The van der Waals surface area contributed by atoms with Gasteiger partial charge < -0.3 is 4.74 Å². The van der Waals surface area contributed by atoms with Gasteiger partial charge in [0, 0.05) is 0 Å². The molecule has 4 bridgehead atoms. The Kier molecular flexibility index (Phi) is 2.98. The molecule has 0 aromatic rings. The van der Waals surface area contributed by atoms with Gasteiger partial charge in [0.05, 0.1) is 5.92 Å². The molecule has 3 fully saturated rings. The van der Waals surface area contributed by atoms with E-state index in [4.69, 9.17) is 4.74 Å². The highest BCUT2D eigenvalue weighted by atomic mass is 16.6. The number of rotatable bonds is 4. The Morgan fingerprint density at radius 3 is 2.70 bits per heavy atom. The summed E-state index contributed by atoms with van der Waals surface area (Å²) in [4.78, 5) is 12.7. The molecule has 0 aromatic carbocycles. The summed E-state index contributed by atoms with van der Waals surface area (Å²) < 4.78 is 6.24. The zero-order valence-electron chi connectivity index (χ0n) is 12.5. The maximum Gasteiger partial charge on any atom is 0.310 e. The molecule has 0 amide bonds. The molecule has 0 spiro atoms. The largest absolute Gasteiger partial charge is 0.459 e. The van der Waals surface area contributed by atoms with Gasteiger partial charge in [-0.25, -0.2) is 0 Å². The van der Waals surface area contributed by atoms with Gasteiger partial charge in [0.1, 0.15) is 5.60 Å². The minimum atomic E-state index is -0.0830. The third-order valence-electron chi connectivity index (χ3n) is 6.48. The Morgan fingerprint density at radius 1 is 1.25 bits per heavy atom. The molecule has 2 heteroatoms. The Hall–Kier alpha value is -0.790. The smallest absolute Gasteiger partial charge is 0.310 e. The van der Waals surface area contributed by atoms with E-state index in [1.165, 1.54) is 25.7 Å². The molecular weight excluding hydrogens is 248 g/mol. The van der Waals surface area contributed by atoms with E-state index in [0.29, 0.717) is 17.8 Å². The number of esters is 1. The lowest BCUT2D eigenvalue weighted by atomic mass is 9.80. The van der Waals surface area contributed by atoms with E-state index in [2.05, 4.69) is 19.1 Å². The summed E-state index contributed by atoms with van der Waals surface area (Å²) in [5, 5.41) is 0. The summed E-state index contributed by atoms with van der Waals surface area (Å²) in [5.41, 5.74) is -0.0830. The van der Waals surface area contributed by atoms with Gasteiger partial charge in [-0.2, -0.15) is 0 Å². The highest BCUT2D eigenvalue weighted by Crippen LogP contribution is 2.55. The molecule has 110 valence electrons. The second-order valence-corrected chi connectivity index (χ2v) is 7.70. The average Bonchev–Trinajstić information content (AvgIpc) is 3.18. The van der Waals surface area contributed by atoms with E-state index in [1.807, 2.05) is 0 Å². The zero-order valence-corrected chi connectivity index (χ0v) is 12.5. The number of carbonyl (C=O) groups is 1. The summed E-state index contributed by atoms with van der Waals surface area (Å²) in [6.45, 7) is 2.22. The van der Waals surface area contributed by atoms with Gasteiger partial charge in [0.25, 0.3) is 0 Å². The maximum atomic E-state index is 12.7. The molecule has 0 radical (unpaired) electrons. The molecule has 2 nitrogen and oxygen atoms in total. The van der Waals surface area contributed by atoms with Crippen molar-refractivity contribution in [2.24, 2.45) is 29.6 Å².